The van der Waals surface area contributed by atoms with Crippen LogP contribution in [0, 0.1) is 0 Å². The van der Waals surface area contributed by atoms with Crippen LogP contribution in [0.5, 0.6) is 0 Å². The summed E-state index contributed by atoms with van der Waals surface area (Å²) in [5.74, 6) is 1.60. The highest BCUT2D eigenvalue weighted by Gasteiger charge is 2.21. The number of hydrogen-bond acceptors (Lipinski definition) is 4. The fourth-order valence-electron chi connectivity index (χ4n) is 3.05. The van der Waals surface area contributed by atoms with E-state index in [4.69, 9.17) is 5.73 Å². The number of aromatic nitrogens is 2. The molecule has 2 N–H and O–H groups in total. The number of nitrogen functional groups attached to an aromatic ring is 1. The van der Waals surface area contributed by atoms with Crippen molar-refractivity contribution in [3.8, 4) is 0 Å². The Morgan fingerprint density at radius 2 is 2.05 bits per heavy atom. The second kappa shape index (κ2) is 6.12. The molecule has 0 amide bonds. The molecule has 1 aromatic carbocycles. The van der Waals surface area contributed by atoms with Crippen molar-refractivity contribution in [1.29, 1.82) is 0 Å². The summed E-state index contributed by atoms with van der Waals surface area (Å²) in [5, 5.41) is 0. The normalized spacial score (nSPS) is 14.6. The molecule has 0 saturated heterocycles. The molecule has 0 atom stereocenters. The van der Waals surface area contributed by atoms with Crippen LogP contribution in [-0.4, -0.2) is 16.5 Å². The lowest BCUT2D eigenvalue weighted by atomic mass is 10.1. The summed E-state index contributed by atoms with van der Waals surface area (Å²) in [5.41, 5.74) is 9.84. The van der Waals surface area contributed by atoms with E-state index in [1.54, 1.807) is 6.33 Å². The highest BCUT2D eigenvalue weighted by atomic mass is 15.2. The lowest BCUT2D eigenvalue weighted by Gasteiger charge is -2.26. The number of benzene rings is 1. The number of para-hydroxylation sites is 1. The molecule has 0 radical (unpaired) electrons. The Balaban J connectivity index is 2.10. The van der Waals surface area contributed by atoms with E-state index < -0.39 is 0 Å². The SMILES string of the molecule is CCCc1c(N)ncnc1N1CCCCc2ccccc21. The summed E-state index contributed by atoms with van der Waals surface area (Å²) < 4.78 is 0. The van der Waals surface area contributed by atoms with Crippen LogP contribution in [0.15, 0.2) is 30.6 Å². The molecule has 0 fully saturated rings. The van der Waals surface area contributed by atoms with Gasteiger partial charge in [-0.3, -0.25) is 0 Å². The van der Waals surface area contributed by atoms with Gasteiger partial charge in [0.2, 0.25) is 0 Å². The molecule has 0 saturated carbocycles. The molecule has 3 rings (SSSR count). The Bertz CT molecular complexity index is 624. The van der Waals surface area contributed by atoms with E-state index in [1.165, 1.54) is 24.1 Å². The van der Waals surface area contributed by atoms with E-state index in [0.717, 1.165) is 37.2 Å². The number of nitrogens with zero attached hydrogens (tertiary/aromatic N) is 3. The zero-order valence-corrected chi connectivity index (χ0v) is 12.5. The van der Waals surface area contributed by atoms with Gasteiger partial charge in [-0.1, -0.05) is 31.5 Å². The first-order valence-electron chi connectivity index (χ1n) is 7.76. The van der Waals surface area contributed by atoms with Gasteiger partial charge in [-0.25, -0.2) is 9.97 Å². The fraction of sp³-hybridized carbons (Fsp3) is 0.412. The zero-order chi connectivity index (χ0) is 14.7. The van der Waals surface area contributed by atoms with Gasteiger partial charge in [0.25, 0.3) is 0 Å². The van der Waals surface area contributed by atoms with Gasteiger partial charge in [0.1, 0.15) is 18.0 Å². The summed E-state index contributed by atoms with van der Waals surface area (Å²) in [4.78, 5) is 11.1. The molecule has 0 spiro atoms. The minimum Gasteiger partial charge on any atom is -0.383 e. The maximum atomic E-state index is 6.10. The average molecular weight is 282 g/mol. The zero-order valence-electron chi connectivity index (χ0n) is 12.5. The third kappa shape index (κ3) is 2.71. The molecule has 0 bridgehead atoms. The van der Waals surface area contributed by atoms with E-state index in [1.807, 2.05) is 0 Å². The van der Waals surface area contributed by atoms with Gasteiger partial charge in [-0.05, 0) is 37.3 Å². The van der Waals surface area contributed by atoms with Crippen LogP contribution in [0.25, 0.3) is 0 Å². The number of fused-ring (bicyclic) bond motifs is 1. The molecule has 2 aromatic rings. The smallest absolute Gasteiger partial charge is 0.141 e. The first-order valence-corrected chi connectivity index (χ1v) is 7.76. The molecule has 4 heteroatoms. The third-order valence-electron chi connectivity index (χ3n) is 4.07. The summed E-state index contributed by atoms with van der Waals surface area (Å²) in [6.07, 6.45) is 7.07. The van der Waals surface area contributed by atoms with Gasteiger partial charge in [0, 0.05) is 17.8 Å². The van der Waals surface area contributed by atoms with Crippen LogP contribution in [0.2, 0.25) is 0 Å². The molecular weight excluding hydrogens is 260 g/mol. The van der Waals surface area contributed by atoms with Gasteiger partial charge < -0.3 is 10.6 Å². The molecule has 21 heavy (non-hydrogen) atoms. The first kappa shape index (κ1) is 13.9. The van der Waals surface area contributed by atoms with Crippen LogP contribution in [0.3, 0.4) is 0 Å². The summed E-state index contributed by atoms with van der Waals surface area (Å²) in [6, 6.07) is 8.62. The number of anilines is 3. The van der Waals surface area contributed by atoms with E-state index >= 15 is 0 Å². The Morgan fingerprint density at radius 1 is 1.19 bits per heavy atom. The van der Waals surface area contributed by atoms with Crippen LogP contribution >= 0.6 is 0 Å². The van der Waals surface area contributed by atoms with Crippen molar-refractivity contribution < 1.29 is 0 Å². The molecule has 4 nitrogen and oxygen atoms in total. The Labute approximate surface area is 126 Å². The van der Waals surface area contributed by atoms with Crippen LogP contribution in [0.4, 0.5) is 17.3 Å². The lowest BCUT2D eigenvalue weighted by Crippen LogP contribution is -2.21. The summed E-state index contributed by atoms with van der Waals surface area (Å²) in [7, 11) is 0. The number of nitrogens with two attached hydrogens (primary N) is 1. The molecule has 110 valence electrons. The summed E-state index contributed by atoms with van der Waals surface area (Å²) in [6.45, 7) is 3.15. The van der Waals surface area contributed by atoms with Gasteiger partial charge in [-0.15, -0.1) is 0 Å². The fourth-order valence-corrected chi connectivity index (χ4v) is 3.05. The molecule has 1 aromatic heterocycles. The largest absolute Gasteiger partial charge is 0.383 e. The van der Waals surface area contributed by atoms with Crippen molar-refractivity contribution in [2.24, 2.45) is 0 Å². The van der Waals surface area contributed by atoms with Gasteiger partial charge in [0.15, 0.2) is 0 Å². The second-order valence-corrected chi connectivity index (χ2v) is 5.55. The molecule has 1 aliphatic rings. The van der Waals surface area contributed by atoms with Crippen LogP contribution < -0.4 is 10.6 Å². The Kier molecular flexibility index (Phi) is 4.04. The minimum absolute atomic E-state index is 0.614. The number of aryl methyl sites for hydroxylation is 1. The molecule has 1 aliphatic heterocycles. The summed E-state index contributed by atoms with van der Waals surface area (Å²) >= 11 is 0. The Hall–Kier alpha value is -2.10. The number of rotatable bonds is 3. The van der Waals surface area contributed by atoms with Gasteiger partial charge in [-0.2, -0.15) is 0 Å². The van der Waals surface area contributed by atoms with Crippen molar-refractivity contribution >= 4 is 17.3 Å². The molecule has 0 aliphatic carbocycles. The lowest BCUT2D eigenvalue weighted by molar-refractivity contribution is 0.753. The minimum atomic E-state index is 0.614. The monoisotopic (exact) mass is 282 g/mol. The van der Waals surface area contributed by atoms with Crippen LogP contribution in [-0.2, 0) is 12.8 Å². The Morgan fingerprint density at radius 3 is 2.90 bits per heavy atom. The molecule has 2 heterocycles. The predicted octanol–water partition coefficient (Wildman–Crippen LogP) is 3.49. The maximum absolute atomic E-state index is 6.10. The molecule has 0 unspecified atom stereocenters. The predicted molar refractivity (Wildman–Crippen MR) is 86.8 cm³/mol. The quantitative estimate of drug-likeness (QED) is 0.936. The van der Waals surface area contributed by atoms with E-state index in [9.17, 15) is 0 Å². The van der Waals surface area contributed by atoms with Crippen LogP contribution in [0.1, 0.15) is 37.3 Å². The number of hydrogen-bond donors (Lipinski definition) is 1. The maximum Gasteiger partial charge on any atom is 0.141 e. The van der Waals surface area contributed by atoms with Crippen molar-refractivity contribution in [3.05, 3.63) is 41.7 Å². The van der Waals surface area contributed by atoms with Crippen molar-refractivity contribution in [1.82, 2.24) is 9.97 Å². The highest BCUT2D eigenvalue weighted by molar-refractivity contribution is 5.69. The second-order valence-electron chi connectivity index (χ2n) is 5.55. The van der Waals surface area contributed by atoms with Crippen molar-refractivity contribution in [3.63, 3.8) is 0 Å². The van der Waals surface area contributed by atoms with E-state index in [-0.39, 0.29) is 0 Å². The van der Waals surface area contributed by atoms with E-state index in [0.29, 0.717) is 5.82 Å². The first-order chi connectivity index (χ1) is 10.3. The van der Waals surface area contributed by atoms with Crippen molar-refractivity contribution in [2.45, 2.75) is 39.0 Å². The van der Waals surface area contributed by atoms with Crippen molar-refractivity contribution in [2.75, 3.05) is 17.2 Å². The third-order valence-corrected chi connectivity index (χ3v) is 4.07. The van der Waals surface area contributed by atoms with E-state index in [2.05, 4.69) is 46.1 Å². The highest BCUT2D eigenvalue weighted by Crippen LogP contribution is 2.34. The van der Waals surface area contributed by atoms with Gasteiger partial charge in [0.05, 0.1) is 0 Å². The standard InChI is InChI=1S/C17H22N4/c1-2-7-14-16(18)19-12-20-17(14)21-11-6-5-9-13-8-3-4-10-15(13)21/h3-4,8,10,12H,2,5-7,9,11H2,1H3,(H2,18,19,20). The van der Waals surface area contributed by atoms with Gasteiger partial charge >= 0.3 is 0 Å². The average Bonchev–Trinajstić information content (AvgIpc) is 2.72. The molecular formula is C17H22N4. The topological polar surface area (TPSA) is 55.0 Å².